The van der Waals surface area contributed by atoms with Crippen LogP contribution in [0, 0.1) is 10.1 Å². The minimum absolute atomic E-state index is 0.138. The lowest BCUT2D eigenvalue weighted by atomic mass is 10.2. The Morgan fingerprint density at radius 2 is 2.12 bits per heavy atom. The summed E-state index contributed by atoms with van der Waals surface area (Å²) in [7, 11) is 0. The molecule has 0 saturated heterocycles. The molecule has 0 aliphatic heterocycles. The van der Waals surface area contributed by atoms with Crippen LogP contribution in [0.25, 0.3) is 10.2 Å². The van der Waals surface area contributed by atoms with Crippen molar-refractivity contribution >= 4 is 38.3 Å². The summed E-state index contributed by atoms with van der Waals surface area (Å²) in [6.07, 6.45) is 0. The Bertz CT molecular complexity index is 890. The summed E-state index contributed by atoms with van der Waals surface area (Å²) in [6, 6.07) is 11.6. The molecule has 3 aromatic rings. The number of fused-ring (bicyclic) bond motifs is 1. The van der Waals surface area contributed by atoms with Crippen LogP contribution < -0.4 is 10.1 Å². The maximum Gasteiger partial charge on any atom is 0.311 e. The number of para-hydroxylation sites is 1. The number of amides is 1. The van der Waals surface area contributed by atoms with Gasteiger partial charge in [0.2, 0.25) is 0 Å². The molecule has 0 spiro atoms. The molecule has 0 radical (unpaired) electrons. The van der Waals surface area contributed by atoms with Crippen molar-refractivity contribution in [2.45, 2.75) is 6.92 Å². The molecule has 3 rings (SSSR count). The van der Waals surface area contributed by atoms with E-state index in [1.807, 2.05) is 24.3 Å². The maximum absolute atomic E-state index is 12.3. The molecule has 24 heavy (non-hydrogen) atoms. The van der Waals surface area contributed by atoms with Gasteiger partial charge in [0.05, 0.1) is 21.7 Å². The Morgan fingerprint density at radius 1 is 1.33 bits per heavy atom. The van der Waals surface area contributed by atoms with E-state index in [1.54, 1.807) is 6.92 Å². The van der Waals surface area contributed by atoms with Crippen molar-refractivity contribution in [3.63, 3.8) is 0 Å². The van der Waals surface area contributed by atoms with Crippen molar-refractivity contribution in [2.75, 3.05) is 11.9 Å². The van der Waals surface area contributed by atoms with Gasteiger partial charge >= 0.3 is 5.69 Å². The Hall–Kier alpha value is -3.00. The number of thiazole rings is 1. The van der Waals surface area contributed by atoms with E-state index in [2.05, 4.69) is 10.3 Å². The molecule has 2 aromatic carbocycles. The number of rotatable bonds is 5. The fraction of sp³-hybridized carbons (Fsp3) is 0.125. The zero-order chi connectivity index (χ0) is 17.1. The second kappa shape index (κ2) is 6.63. The first-order valence-corrected chi connectivity index (χ1v) is 7.98. The van der Waals surface area contributed by atoms with Crippen molar-refractivity contribution in [3.05, 3.63) is 58.1 Å². The zero-order valence-electron chi connectivity index (χ0n) is 12.7. The number of ether oxygens (including phenoxy) is 1. The molecular weight excluding hydrogens is 330 g/mol. The number of aromatic nitrogens is 1. The van der Waals surface area contributed by atoms with Crippen LogP contribution in [-0.2, 0) is 0 Å². The summed E-state index contributed by atoms with van der Waals surface area (Å²) in [5.41, 5.74) is 0.716. The fourth-order valence-electron chi connectivity index (χ4n) is 2.17. The Labute approximate surface area is 141 Å². The molecular formula is C16H13N3O4S. The molecule has 7 nitrogen and oxygen atoms in total. The van der Waals surface area contributed by atoms with Gasteiger partial charge in [-0.15, -0.1) is 0 Å². The fourth-order valence-corrected chi connectivity index (χ4v) is 3.03. The second-order valence-corrected chi connectivity index (χ2v) is 5.84. The predicted octanol–water partition coefficient (Wildman–Crippen LogP) is 3.86. The van der Waals surface area contributed by atoms with Gasteiger partial charge in [-0.2, -0.15) is 0 Å². The van der Waals surface area contributed by atoms with Crippen LogP contribution in [-0.4, -0.2) is 22.4 Å². The third-order valence-electron chi connectivity index (χ3n) is 3.23. The number of carbonyl (C=O) groups excluding carboxylic acids is 1. The van der Waals surface area contributed by atoms with Crippen LogP contribution in [0.4, 0.5) is 10.8 Å². The summed E-state index contributed by atoms with van der Waals surface area (Å²) in [6.45, 7) is 2.04. The summed E-state index contributed by atoms with van der Waals surface area (Å²) >= 11 is 1.34. The molecule has 0 fully saturated rings. The van der Waals surface area contributed by atoms with Crippen molar-refractivity contribution in [1.29, 1.82) is 0 Å². The monoisotopic (exact) mass is 343 g/mol. The lowest BCUT2D eigenvalue weighted by Gasteiger charge is -2.06. The normalized spacial score (nSPS) is 10.5. The smallest absolute Gasteiger partial charge is 0.311 e. The first-order valence-electron chi connectivity index (χ1n) is 7.16. The van der Waals surface area contributed by atoms with E-state index in [0.717, 1.165) is 10.2 Å². The number of anilines is 1. The number of hydrogen-bond acceptors (Lipinski definition) is 6. The SMILES string of the molecule is CCOc1ccc(C(=O)Nc2nc3ccccc3s2)cc1[N+](=O)[O-]. The number of nitrogens with one attached hydrogen (secondary N) is 1. The van der Waals surface area contributed by atoms with E-state index < -0.39 is 10.8 Å². The third kappa shape index (κ3) is 3.18. The molecule has 0 aliphatic carbocycles. The van der Waals surface area contributed by atoms with Crippen molar-refractivity contribution in [3.8, 4) is 5.75 Å². The Balaban J connectivity index is 1.86. The molecule has 0 bridgehead atoms. The number of nitrogens with zero attached hydrogens (tertiary/aromatic N) is 2. The lowest BCUT2D eigenvalue weighted by molar-refractivity contribution is -0.385. The van der Waals surface area contributed by atoms with E-state index in [9.17, 15) is 14.9 Å². The van der Waals surface area contributed by atoms with Crippen LogP contribution in [0.15, 0.2) is 42.5 Å². The van der Waals surface area contributed by atoms with Crippen molar-refractivity contribution < 1.29 is 14.5 Å². The first-order chi connectivity index (χ1) is 11.6. The number of benzene rings is 2. The average Bonchev–Trinajstić information content (AvgIpc) is 2.97. The molecule has 0 aliphatic rings. The van der Waals surface area contributed by atoms with Crippen LogP contribution in [0.2, 0.25) is 0 Å². The maximum atomic E-state index is 12.3. The molecule has 1 heterocycles. The van der Waals surface area contributed by atoms with Gasteiger partial charge < -0.3 is 4.74 Å². The van der Waals surface area contributed by atoms with Crippen LogP contribution >= 0.6 is 11.3 Å². The molecule has 1 N–H and O–H groups in total. The van der Waals surface area contributed by atoms with E-state index in [1.165, 1.54) is 29.5 Å². The highest BCUT2D eigenvalue weighted by molar-refractivity contribution is 7.22. The standard InChI is InChI=1S/C16H13N3O4S/c1-2-23-13-8-7-10(9-12(13)19(21)22)15(20)18-16-17-11-5-3-4-6-14(11)24-16/h3-9H,2H2,1H3,(H,17,18,20). The summed E-state index contributed by atoms with van der Waals surface area (Å²) in [5, 5.41) is 14.2. The molecule has 1 aromatic heterocycles. The molecule has 0 unspecified atom stereocenters. The summed E-state index contributed by atoms with van der Waals surface area (Å²) in [5.74, 6) is -0.320. The number of nitro benzene ring substituents is 1. The van der Waals surface area contributed by atoms with Gasteiger partial charge in [0.1, 0.15) is 0 Å². The summed E-state index contributed by atoms with van der Waals surface area (Å²) in [4.78, 5) is 27.2. The zero-order valence-corrected chi connectivity index (χ0v) is 13.5. The first kappa shape index (κ1) is 15.9. The molecule has 8 heteroatoms. The average molecular weight is 343 g/mol. The number of carbonyl (C=O) groups is 1. The highest BCUT2D eigenvalue weighted by Gasteiger charge is 2.19. The van der Waals surface area contributed by atoms with Gasteiger partial charge in [0.25, 0.3) is 5.91 Å². The van der Waals surface area contributed by atoms with E-state index >= 15 is 0 Å². The molecule has 1 amide bonds. The van der Waals surface area contributed by atoms with E-state index in [0.29, 0.717) is 11.7 Å². The van der Waals surface area contributed by atoms with E-state index in [4.69, 9.17) is 4.74 Å². The minimum Gasteiger partial charge on any atom is -0.487 e. The van der Waals surface area contributed by atoms with Gasteiger partial charge in [0.15, 0.2) is 10.9 Å². The number of nitro groups is 1. The molecule has 0 saturated carbocycles. The Morgan fingerprint density at radius 3 is 2.83 bits per heavy atom. The molecule has 0 atom stereocenters. The van der Waals surface area contributed by atoms with Crippen LogP contribution in [0.3, 0.4) is 0 Å². The lowest BCUT2D eigenvalue weighted by Crippen LogP contribution is -2.12. The highest BCUT2D eigenvalue weighted by atomic mass is 32.1. The second-order valence-electron chi connectivity index (χ2n) is 4.81. The van der Waals surface area contributed by atoms with Crippen LogP contribution in [0.5, 0.6) is 5.75 Å². The predicted molar refractivity (Wildman–Crippen MR) is 91.8 cm³/mol. The Kier molecular flexibility index (Phi) is 4.39. The highest BCUT2D eigenvalue weighted by Crippen LogP contribution is 2.29. The van der Waals surface area contributed by atoms with Gasteiger partial charge in [0, 0.05) is 11.6 Å². The summed E-state index contributed by atoms with van der Waals surface area (Å²) < 4.78 is 6.16. The van der Waals surface area contributed by atoms with Gasteiger partial charge in [-0.3, -0.25) is 20.2 Å². The third-order valence-corrected chi connectivity index (χ3v) is 4.18. The topological polar surface area (TPSA) is 94.4 Å². The quantitative estimate of drug-likeness (QED) is 0.561. The minimum atomic E-state index is -0.570. The van der Waals surface area contributed by atoms with Crippen LogP contribution in [0.1, 0.15) is 17.3 Å². The van der Waals surface area contributed by atoms with Gasteiger partial charge in [-0.05, 0) is 31.2 Å². The van der Waals surface area contributed by atoms with Crippen molar-refractivity contribution in [1.82, 2.24) is 4.98 Å². The van der Waals surface area contributed by atoms with Gasteiger partial charge in [-0.25, -0.2) is 4.98 Å². The van der Waals surface area contributed by atoms with Gasteiger partial charge in [-0.1, -0.05) is 23.5 Å². The number of hydrogen-bond donors (Lipinski definition) is 1. The largest absolute Gasteiger partial charge is 0.487 e. The molecule has 122 valence electrons. The van der Waals surface area contributed by atoms with Crippen molar-refractivity contribution in [2.24, 2.45) is 0 Å². The van der Waals surface area contributed by atoms with E-state index in [-0.39, 0.29) is 17.0 Å².